The van der Waals surface area contributed by atoms with Gasteiger partial charge in [-0.15, -0.1) is 0 Å². The minimum Gasteiger partial charge on any atom is -0.372 e. The zero-order valence-corrected chi connectivity index (χ0v) is 20.7. The van der Waals surface area contributed by atoms with Gasteiger partial charge in [-0.05, 0) is 67.1 Å². The largest absolute Gasteiger partial charge is 0.372 e. The Morgan fingerprint density at radius 2 is 1.83 bits per heavy atom. The van der Waals surface area contributed by atoms with E-state index in [-0.39, 0.29) is 13.1 Å². The van der Waals surface area contributed by atoms with E-state index in [4.69, 9.17) is 0 Å². The molecule has 2 aromatic carbocycles. The van der Waals surface area contributed by atoms with Crippen LogP contribution in [0.5, 0.6) is 0 Å². The molecule has 3 N–H and O–H groups in total. The van der Waals surface area contributed by atoms with E-state index in [1.165, 1.54) is 10.8 Å². The fourth-order valence-electron chi connectivity index (χ4n) is 5.37. The molecule has 0 saturated heterocycles. The molecular formula is C28H34F2N6. The molecule has 2 aromatic heterocycles. The van der Waals surface area contributed by atoms with E-state index in [0.717, 1.165) is 48.1 Å². The third-order valence-corrected chi connectivity index (χ3v) is 7.26. The maximum Gasteiger partial charge on any atom is 0.272 e. The highest BCUT2D eigenvalue weighted by atomic mass is 19.3. The van der Waals surface area contributed by atoms with Crippen molar-refractivity contribution in [2.24, 2.45) is 5.92 Å². The second-order valence-corrected chi connectivity index (χ2v) is 9.86. The smallest absolute Gasteiger partial charge is 0.272 e. The molecule has 0 aliphatic heterocycles. The maximum atomic E-state index is 14.4. The molecule has 2 heterocycles. The van der Waals surface area contributed by atoms with Crippen molar-refractivity contribution in [3.05, 3.63) is 66.6 Å². The summed E-state index contributed by atoms with van der Waals surface area (Å²) in [6, 6.07) is 16.9. The maximum absolute atomic E-state index is 14.4. The number of hydrogen-bond acceptors (Lipinski definition) is 5. The molecule has 2 atom stereocenters. The van der Waals surface area contributed by atoms with E-state index in [0.29, 0.717) is 25.0 Å². The van der Waals surface area contributed by atoms with Crippen LogP contribution in [0.2, 0.25) is 0 Å². The molecule has 1 saturated carbocycles. The Morgan fingerprint density at radius 1 is 1.00 bits per heavy atom. The first kappa shape index (κ1) is 24.6. The second-order valence-electron chi connectivity index (χ2n) is 9.86. The zero-order valence-electron chi connectivity index (χ0n) is 20.7. The minimum atomic E-state index is -2.78. The lowest BCUT2D eigenvalue weighted by Gasteiger charge is -2.20. The Kier molecular flexibility index (Phi) is 7.43. The molecule has 1 aliphatic rings. The van der Waals surface area contributed by atoms with Crippen LogP contribution in [0.1, 0.15) is 30.9 Å². The summed E-state index contributed by atoms with van der Waals surface area (Å²) in [7, 11) is 1.85. The van der Waals surface area contributed by atoms with E-state index in [2.05, 4.69) is 67.0 Å². The summed E-state index contributed by atoms with van der Waals surface area (Å²) in [6.07, 6.45) is 7.39. The summed E-state index contributed by atoms with van der Waals surface area (Å²) in [5.41, 5.74) is 2.08. The number of nitrogens with zero attached hydrogens (tertiary/aromatic N) is 3. The van der Waals surface area contributed by atoms with Crippen LogP contribution in [0.25, 0.3) is 21.8 Å². The lowest BCUT2D eigenvalue weighted by atomic mass is 10.1. The third kappa shape index (κ3) is 5.65. The topological polar surface area (TPSA) is 66.8 Å². The van der Waals surface area contributed by atoms with Gasteiger partial charge < -0.3 is 20.5 Å². The van der Waals surface area contributed by atoms with Gasteiger partial charge in [0.05, 0.1) is 18.5 Å². The fraction of sp³-hybridized carbons (Fsp3) is 0.429. The van der Waals surface area contributed by atoms with Crippen LogP contribution in [0.15, 0.2) is 61.1 Å². The molecule has 6 nitrogen and oxygen atoms in total. The number of rotatable bonds is 11. The standard InChI is InChI=1S/C28H34F2N6/c1-31-26-25-11-13-36(27(25)35-19-34-26)24-9-7-21(15-24)16-33-18-28(29,30)17-32-12-10-20-6-8-22-4-2-3-5-23(22)14-20/h2-6,8,11,13-14,19,21,24,32-33H,7,9-10,12,15-18H2,1H3,(H,31,34,35). The van der Waals surface area contributed by atoms with Crippen molar-refractivity contribution in [2.45, 2.75) is 37.6 Å². The number of anilines is 1. The number of benzene rings is 2. The number of fused-ring (bicyclic) bond motifs is 2. The Bertz CT molecular complexity index is 1300. The second kappa shape index (κ2) is 10.9. The number of halogens is 2. The number of aromatic nitrogens is 3. The van der Waals surface area contributed by atoms with Crippen LogP contribution in [-0.2, 0) is 6.42 Å². The molecule has 0 bridgehead atoms. The summed E-state index contributed by atoms with van der Waals surface area (Å²) < 4.78 is 31.1. The average molecular weight is 493 g/mol. The highest BCUT2D eigenvalue weighted by molar-refractivity contribution is 5.87. The van der Waals surface area contributed by atoms with Gasteiger partial charge in [0, 0.05) is 19.3 Å². The fourth-order valence-corrected chi connectivity index (χ4v) is 5.37. The van der Waals surface area contributed by atoms with E-state index >= 15 is 0 Å². The monoisotopic (exact) mass is 492 g/mol. The van der Waals surface area contributed by atoms with Crippen molar-refractivity contribution in [2.75, 3.05) is 38.5 Å². The van der Waals surface area contributed by atoms with Gasteiger partial charge in [-0.3, -0.25) is 0 Å². The zero-order chi connectivity index (χ0) is 25.0. The number of nitrogens with one attached hydrogen (secondary N) is 3. The van der Waals surface area contributed by atoms with E-state index in [1.54, 1.807) is 6.33 Å². The summed E-state index contributed by atoms with van der Waals surface area (Å²) in [5.74, 6) is -1.57. The molecule has 0 spiro atoms. The summed E-state index contributed by atoms with van der Waals surface area (Å²) in [4.78, 5) is 8.75. The SMILES string of the molecule is CNc1ncnc2c1ccn2C1CCC(CNCC(F)(F)CNCCc2ccc3ccccc3c2)C1. The van der Waals surface area contributed by atoms with E-state index in [9.17, 15) is 8.78 Å². The molecule has 1 aliphatic carbocycles. The van der Waals surface area contributed by atoms with Crippen molar-refractivity contribution in [1.29, 1.82) is 0 Å². The average Bonchev–Trinajstić information content (AvgIpc) is 3.53. The summed E-state index contributed by atoms with van der Waals surface area (Å²) in [6.45, 7) is 0.521. The van der Waals surface area contributed by atoms with Crippen molar-refractivity contribution >= 4 is 27.6 Å². The van der Waals surface area contributed by atoms with Crippen LogP contribution < -0.4 is 16.0 Å². The van der Waals surface area contributed by atoms with Crippen LogP contribution in [0.3, 0.4) is 0 Å². The number of alkyl halides is 2. The van der Waals surface area contributed by atoms with Crippen LogP contribution in [0.4, 0.5) is 14.6 Å². The molecule has 4 aromatic rings. The molecule has 2 unspecified atom stereocenters. The van der Waals surface area contributed by atoms with Gasteiger partial charge in [0.15, 0.2) is 0 Å². The Hall–Kier alpha value is -3.10. The first-order valence-electron chi connectivity index (χ1n) is 12.8. The van der Waals surface area contributed by atoms with Gasteiger partial charge in [0.25, 0.3) is 5.92 Å². The van der Waals surface area contributed by atoms with E-state index < -0.39 is 5.92 Å². The lowest BCUT2D eigenvalue weighted by Crippen LogP contribution is -2.43. The molecule has 36 heavy (non-hydrogen) atoms. The van der Waals surface area contributed by atoms with Gasteiger partial charge in [-0.2, -0.15) is 0 Å². The van der Waals surface area contributed by atoms with Crippen molar-refractivity contribution in [1.82, 2.24) is 25.2 Å². The third-order valence-electron chi connectivity index (χ3n) is 7.26. The van der Waals surface area contributed by atoms with Gasteiger partial charge in [0.1, 0.15) is 17.8 Å². The van der Waals surface area contributed by atoms with Crippen molar-refractivity contribution in [3.8, 4) is 0 Å². The first-order chi connectivity index (χ1) is 17.5. The van der Waals surface area contributed by atoms with E-state index in [1.807, 2.05) is 25.2 Å². The highest BCUT2D eigenvalue weighted by Crippen LogP contribution is 2.36. The van der Waals surface area contributed by atoms with Gasteiger partial charge in [-0.25, -0.2) is 18.7 Å². The highest BCUT2D eigenvalue weighted by Gasteiger charge is 2.30. The Morgan fingerprint density at radius 3 is 2.69 bits per heavy atom. The van der Waals surface area contributed by atoms with Crippen molar-refractivity contribution in [3.63, 3.8) is 0 Å². The van der Waals surface area contributed by atoms with Gasteiger partial charge in [-0.1, -0.05) is 42.5 Å². The summed E-state index contributed by atoms with van der Waals surface area (Å²) >= 11 is 0. The molecule has 0 radical (unpaired) electrons. The Balaban J connectivity index is 1.04. The van der Waals surface area contributed by atoms with Crippen molar-refractivity contribution < 1.29 is 8.78 Å². The Labute approximate surface area is 210 Å². The quantitative estimate of drug-likeness (QED) is 0.257. The van der Waals surface area contributed by atoms with Gasteiger partial charge in [0.2, 0.25) is 0 Å². The van der Waals surface area contributed by atoms with Crippen LogP contribution in [0, 0.1) is 5.92 Å². The molecule has 1 fully saturated rings. The van der Waals surface area contributed by atoms with Crippen LogP contribution >= 0.6 is 0 Å². The molecule has 8 heteroatoms. The number of hydrogen-bond donors (Lipinski definition) is 3. The predicted octanol–water partition coefficient (Wildman–Crippen LogP) is 5.02. The predicted molar refractivity (Wildman–Crippen MR) is 142 cm³/mol. The lowest BCUT2D eigenvalue weighted by molar-refractivity contribution is 0.00281. The molecule has 190 valence electrons. The normalized spacial score (nSPS) is 18.3. The molecule has 5 rings (SSSR count). The summed E-state index contributed by atoms with van der Waals surface area (Å²) in [5, 5.41) is 12.5. The van der Waals surface area contributed by atoms with Crippen LogP contribution in [-0.4, -0.2) is 53.7 Å². The van der Waals surface area contributed by atoms with Gasteiger partial charge >= 0.3 is 0 Å². The molecular weight excluding hydrogens is 458 g/mol. The minimum absolute atomic E-state index is 0.303. The molecule has 0 amide bonds. The first-order valence-corrected chi connectivity index (χ1v) is 12.8.